The predicted molar refractivity (Wildman–Crippen MR) is 224 cm³/mol. The van der Waals surface area contributed by atoms with E-state index in [1.54, 1.807) is 6.08 Å². The highest BCUT2D eigenvalue weighted by Gasteiger charge is 2.29. The molecule has 49 heavy (non-hydrogen) atoms. The Morgan fingerprint density at radius 1 is 0.918 bits per heavy atom. The lowest BCUT2D eigenvalue weighted by Crippen LogP contribution is -2.23. The summed E-state index contributed by atoms with van der Waals surface area (Å²) in [5.41, 5.74) is 5.18. The van der Waals surface area contributed by atoms with Crippen LogP contribution < -0.4 is 0 Å². The van der Waals surface area contributed by atoms with E-state index in [2.05, 4.69) is 124 Å². The Kier molecular flexibility index (Phi) is 24.0. The van der Waals surface area contributed by atoms with Gasteiger partial charge in [-0.1, -0.05) is 199 Å². The van der Waals surface area contributed by atoms with Crippen molar-refractivity contribution in [3.05, 3.63) is 120 Å². The van der Waals surface area contributed by atoms with Crippen LogP contribution in [0.3, 0.4) is 0 Å². The zero-order chi connectivity index (χ0) is 36.6. The van der Waals surface area contributed by atoms with E-state index in [-0.39, 0.29) is 0 Å². The summed E-state index contributed by atoms with van der Waals surface area (Å²) in [4.78, 5) is 0.901. The monoisotopic (exact) mass is 687 g/mol. The molecule has 1 nitrogen and oxygen atoms in total. The van der Waals surface area contributed by atoms with Gasteiger partial charge >= 0.3 is 0 Å². The van der Waals surface area contributed by atoms with Crippen molar-refractivity contribution in [2.45, 2.75) is 132 Å². The van der Waals surface area contributed by atoms with Crippen LogP contribution in [0, 0.1) is 35.5 Å². The van der Waals surface area contributed by atoms with Gasteiger partial charge in [0.2, 0.25) is 0 Å². The number of rotatable bonds is 26. The lowest BCUT2D eigenvalue weighted by atomic mass is 9.71. The SMILES string of the molecule is C=C/C=C\CS(=O)/C(=C/C[C@H]1CC=C(C(/C=C/C(C)CCCCC)=C/C[C@@H](C)CCCCC)C=C1C(/C=C\C=C)C(C)C(C)C)C(=C)CC. The highest BCUT2D eigenvalue weighted by molar-refractivity contribution is 7.89. The van der Waals surface area contributed by atoms with E-state index in [0.29, 0.717) is 41.3 Å². The summed E-state index contributed by atoms with van der Waals surface area (Å²) in [5, 5.41) is 0. The predicted octanol–water partition coefficient (Wildman–Crippen LogP) is 14.5. The quantitative estimate of drug-likeness (QED) is 0.0654. The molecular formula is C47H74OS. The second-order valence-corrected chi connectivity index (χ2v) is 16.2. The van der Waals surface area contributed by atoms with E-state index in [1.165, 1.54) is 68.1 Å². The molecule has 0 aliphatic heterocycles. The molecule has 1 aliphatic carbocycles. The smallest absolute Gasteiger partial charge is 0.0567 e. The highest BCUT2D eigenvalue weighted by atomic mass is 32.2. The van der Waals surface area contributed by atoms with Crippen LogP contribution in [0.2, 0.25) is 0 Å². The molecule has 4 unspecified atom stereocenters. The van der Waals surface area contributed by atoms with Gasteiger partial charge in [-0.25, -0.2) is 0 Å². The van der Waals surface area contributed by atoms with Gasteiger partial charge in [0.1, 0.15) is 0 Å². The summed E-state index contributed by atoms with van der Waals surface area (Å²) in [7, 11) is -1.13. The molecule has 2 heteroatoms. The maximum atomic E-state index is 13.4. The normalized spacial score (nSPS) is 19.2. The zero-order valence-corrected chi connectivity index (χ0v) is 33.8. The minimum absolute atomic E-state index is 0.296. The average Bonchev–Trinajstić information content (AvgIpc) is 3.08. The first kappa shape index (κ1) is 44.6. The maximum absolute atomic E-state index is 13.4. The van der Waals surface area contributed by atoms with Gasteiger partial charge in [-0.3, -0.25) is 4.21 Å². The molecule has 0 radical (unpaired) electrons. The molecule has 0 spiro atoms. The topological polar surface area (TPSA) is 17.1 Å². The van der Waals surface area contributed by atoms with Crippen LogP contribution in [0.1, 0.15) is 132 Å². The van der Waals surface area contributed by atoms with Crippen LogP contribution in [-0.4, -0.2) is 9.96 Å². The van der Waals surface area contributed by atoms with Gasteiger partial charge in [-0.05, 0) is 78.4 Å². The van der Waals surface area contributed by atoms with Crippen molar-refractivity contribution in [3.8, 4) is 0 Å². The molecule has 6 atom stereocenters. The summed E-state index contributed by atoms with van der Waals surface area (Å²) in [6, 6.07) is 0. The maximum Gasteiger partial charge on any atom is 0.0567 e. The van der Waals surface area contributed by atoms with Crippen LogP contribution >= 0.6 is 0 Å². The molecule has 0 heterocycles. The van der Waals surface area contributed by atoms with Gasteiger partial charge in [0.25, 0.3) is 0 Å². The molecule has 0 aromatic rings. The minimum atomic E-state index is -1.13. The van der Waals surface area contributed by atoms with E-state index < -0.39 is 10.8 Å². The van der Waals surface area contributed by atoms with E-state index >= 15 is 0 Å². The first-order valence-corrected chi connectivity index (χ1v) is 21.0. The van der Waals surface area contributed by atoms with Crippen LogP contribution in [0.15, 0.2) is 120 Å². The lowest BCUT2D eigenvalue weighted by Gasteiger charge is -2.34. The Morgan fingerprint density at radius 2 is 1.59 bits per heavy atom. The molecule has 0 fully saturated rings. The molecule has 1 aliphatic rings. The van der Waals surface area contributed by atoms with Gasteiger partial charge in [-0.2, -0.15) is 0 Å². The Hall–Kier alpha value is -2.45. The number of hydrogen-bond acceptors (Lipinski definition) is 1. The summed E-state index contributed by atoms with van der Waals surface area (Å²) in [6.45, 7) is 30.6. The van der Waals surface area contributed by atoms with Crippen molar-refractivity contribution in [1.29, 1.82) is 0 Å². The fourth-order valence-corrected chi connectivity index (χ4v) is 7.68. The molecule has 0 bridgehead atoms. The second-order valence-electron chi connectivity index (χ2n) is 14.8. The Morgan fingerprint density at radius 3 is 2.20 bits per heavy atom. The Balaban J connectivity index is 3.70. The van der Waals surface area contributed by atoms with Gasteiger partial charge in [0.05, 0.1) is 10.8 Å². The fourth-order valence-electron chi connectivity index (χ4n) is 6.47. The van der Waals surface area contributed by atoms with Gasteiger partial charge in [0.15, 0.2) is 0 Å². The number of unbranched alkanes of at least 4 members (excludes halogenated alkanes) is 4. The van der Waals surface area contributed by atoms with E-state index in [9.17, 15) is 4.21 Å². The molecule has 1 rings (SSSR count). The molecule has 0 amide bonds. The zero-order valence-electron chi connectivity index (χ0n) is 33.0. The summed E-state index contributed by atoms with van der Waals surface area (Å²) >= 11 is 0. The third-order valence-electron chi connectivity index (χ3n) is 10.2. The minimum Gasteiger partial charge on any atom is -0.254 e. The van der Waals surface area contributed by atoms with Crippen molar-refractivity contribution < 1.29 is 4.21 Å². The highest BCUT2D eigenvalue weighted by Crippen LogP contribution is 2.41. The van der Waals surface area contributed by atoms with Crippen LogP contribution in [-0.2, 0) is 10.8 Å². The molecule has 274 valence electrons. The van der Waals surface area contributed by atoms with Crippen molar-refractivity contribution in [2.75, 3.05) is 5.75 Å². The van der Waals surface area contributed by atoms with E-state index in [0.717, 1.165) is 36.2 Å². The van der Waals surface area contributed by atoms with Gasteiger partial charge in [0, 0.05) is 16.6 Å². The summed E-state index contributed by atoms with van der Waals surface area (Å²) in [5.74, 6) is 3.36. The third-order valence-corrected chi connectivity index (χ3v) is 11.7. The first-order valence-electron chi connectivity index (χ1n) is 19.7. The number of hydrogen-bond donors (Lipinski definition) is 0. The Bertz CT molecular complexity index is 1230. The van der Waals surface area contributed by atoms with Crippen LogP contribution in [0.5, 0.6) is 0 Å². The summed E-state index contributed by atoms with van der Waals surface area (Å²) in [6.07, 6.45) is 40.7. The second kappa shape index (κ2) is 26.4. The van der Waals surface area contributed by atoms with Crippen molar-refractivity contribution in [1.82, 2.24) is 0 Å². The van der Waals surface area contributed by atoms with Crippen molar-refractivity contribution in [2.24, 2.45) is 35.5 Å². The van der Waals surface area contributed by atoms with Gasteiger partial charge in [-0.15, -0.1) is 0 Å². The van der Waals surface area contributed by atoms with Crippen LogP contribution in [0.25, 0.3) is 0 Å². The number of allylic oxidation sites excluding steroid dienone is 15. The lowest BCUT2D eigenvalue weighted by molar-refractivity contribution is 0.334. The molecule has 0 N–H and O–H groups in total. The third kappa shape index (κ3) is 17.4. The molecule has 0 saturated heterocycles. The van der Waals surface area contributed by atoms with Crippen LogP contribution in [0.4, 0.5) is 0 Å². The molecule has 0 aromatic heterocycles. The average molecular weight is 687 g/mol. The molecular weight excluding hydrogens is 613 g/mol. The Labute approximate surface area is 307 Å². The van der Waals surface area contributed by atoms with Crippen molar-refractivity contribution in [3.63, 3.8) is 0 Å². The van der Waals surface area contributed by atoms with E-state index in [1.807, 2.05) is 18.2 Å². The fraction of sp³-hybridized carbons (Fsp3) is 0.574. The van der Waals surface area contributed by atoms with E-state index in [4.69, 9.17) is 0 Å². The molecule has 0 saturated carbocycles. The first-order chi connectivity index (χ1) is 23.5. The standard InChI is InChI=1S/C47H74OS/c1-12-17-21-24-38(8)27-29-42(30-28-39(9)25-22-18-13-2)44-32-31-43(46(36-44)45(26-20-15-4)41(11)37(6)7)33-34-47(40(10)16-5)49(48)35-23-19-14-3/h14-15,19-20,23,26-27,29-30,32,34,36-39,41,43,45H,3-4,10,12-13,16-18,21-22,24-25,28,31,33,35H2,1-2,5-9,11H3/b23-19-,26-20-,29-27+,42-30+,47-34+/t38?,39-,41?,43+,45?,49?/m0/s1. The summed E-state index contributed by atoms with van der Waals surface area (Å²) < 4.78 is 13.4. The largest absolute Gasteiger partial charge is 0.254 e. The van der Waals surface area contributed by atoms with Crippen molar-refractivity contribution >= 4 is 10.8 Å². The van der Waals surface area contributed by atoms with Gasteiger partial charge < -0.3 is 0 Å². The molecule has 0 aromatic carbocycles.